The van der Waals surface area contributed by atoms with Gasteiger partial charge in [0.2, 0.25) is 0 Å². The molecule has 1 N–H and O–H groups in total. The molecule has 0 radical (unpaired) electrons. The molecule has 0 aliphatic carbocycles. The number of benzene rings is 1. The minimum Gasteiger partial charge on any atom is -0.496 e. The number of nitrogens with zero attached hydrogens (tertiary/aromatic N) is 1. The first kappa shape index (κ1) is 14.3. The first-order valence-corrected chi connectivity index (χ1v) is 6.00. The number of halogens is 1. The summed E-state index contributed by atoms with van der Waals surface area (Å²) in [6, 6.07) is 3.97. The molecule has 1 atom stereocenters. The largest absolute Gasteiger partial charge is 0.496 e. The zero-order valence-corrected chi connectivity index (χ0v) is 11.6. The van der Waals surface area contributed by atoms with E-state index in [1.54, 1.807) is 7.11 Å². The van der Waals surface area contributed by atoms with E-state index in [0.717, 1.165) is 21.9 Å². The first-order valence-electron chi connectivity index (χ1n) is 5.62. The highest BCUT2D eigenvalue weighted by atomic mass is 35.5. The summed E-state index contributed by atoms with van der Waals surface area (Å²) in [5.74, 6) is 0.819. The molecule has 96 valence electrons. The lowest BCUT2D eigenvalue weighted by molar-refractivity contribution is 0.207. The van der Waals surface area contributed by atoms with E-state index in [1.807, 2.05) is 33.2 Å². The van der Waals surface area contributed by atoms with Gasteiger partial charge in [-0.1, -0.05) is 11.6 Å². The molecule has 0 aliphatic heterocycles. The average molecular weight is 258 g/mol. The molecule has 0 saturated carbocycles. The highest BCUT2D eigenvalue weighted by molar-refractivity contribution is 6.31. The van der Waals surface area contributed by atoms with Gasteiger partial charge in [0.1, 0.15) is 5.75 Å². The fourth-order valence-corrected chi connectivity index (χ4v) is 2.09. The van der Waals surface area contributed by atoms with Gasteiger partial charge in [-0.2, -0.15) is 0 Å². The van der Waals surface area contributed by atoms with Gasteiger partial charge in [0.15, 0.2) is 0 Å². The maximum Gasteiger partial charge on any atom is 0.124 e. The Morgan fingerprint density at radius 2 is 2.06 bits per heavy atom. The molecule has 3 nitrogen and oxygen atoms in total. The molecule has 0 aliphatic rings. The number of rotatable bonds is 5. The van der Waals surface area contributed by atoms with Crippen LogP contribution in [0, 0.1) is 6.92 Å². The molecule has 0 bridgehead atoms. The lowest BCUT2D eigenvalue weighted by Gasteiger charge is -2.26. The molecule has 0 saturated heterocycles. The van der Waals surface area contributed by atoms with Crippen molar-refractivity contribution in [1.82, 2.24) is 4.90 Å². The molecule has 17 heavy (non-hydrogen) atoms. The van der Waals surface area contributed by atoms with Crippen molar-refractivity contribution in [2.24, 2.45) is 0 Å². The van der Waals surface area contributed by atoms with Crippen LogP contribution in [0.5, 0.6) is 5.75 Å². The van der Waals surface area contributed by atoms with Crippen molar-refractivity contribution in [1.29, 1.82) is 0 Å². The minimum absolute atomic E-state index is 0.105. The molecule has 0 aromatic heterocycles. The van der Waals surface area contributed by atoms with Crippen LogP contribution in [0.1, 0.15) is 23.6 Å². The standard InChI is InChI=1S/C13H20ClNO2/c1-9-7-13(17-4)10(8-11(9)14)12(5-6-16)15(2)3/h7-8,12,16H,5-6H2,1-4H3. The molecule has 1 aromatic carbocycles. The Morgan fingerprint density at radius 1 is 1.41 bits per heavy atom. The van der Waals surface area contributed by atoms with E-state index in [2.05, 4.69) is 4.90 Å². The van der Waals surface area contributed by atoms with Crippen molar-refractivity contribution in [2.75, 3.05) is 27.8 Å². The van der Waals surface area contributed by atoms with Crippen molar-refractivity contribution in [3.8, 4) is 5.75 Å². The fourth-order valence-electron chi connectivity index (χ4n) is 1.92. The maximum absolute atomic E-state index is 9.13. The Kier molecular flexibility index (Phi) is 5.25. The van der Waals surface area contributed by atoms with Crippen molar-refractivity contribution < 1.29 is 9.84 Å². The molecule has 1 aromatic rings. The van der Waals surface area contributed by atoms with E-state index in [0.29, 0.717) is 6.42 Å². The Morgan fingerprint density at radius 3 is 2.53 bits per heavy atom. The average Bonchev–Trinajstić information content (AvgIpc) is 2.29. The number of methoxy groups -OCH3 is 1. The lowest BCUT2D eigenvalue weighted by Crippen LogP contribution is -2.21. The van der Waals surface area contributed by atoms with E-state index >= 15 is 0 Å². The second-order valence-electron chi connectivity index (χ2n) is 4.34. The third-order valence-corrected chi connectivity index (χ3v) is 3.30. The van der Waals surface area contributed by atoms with Crippen LogP contribution in [0.2, 0.25) is 5.02 Å². The summed E-state index contributed by atoms with van der Waals surface area (Å²) in [6.07, 6.45) is 0.656. The summed E-state index contributed by atoms with van der Waals surface area (Å²) < 4.78 is 5.39. The van der Waals surface area contributed by atoms with E-state index in [-0.39, 0.29) is 12.6 Å². The van der Waals surface area contributed by atoms with Crippen molar-refractivity contribution >= 4 is 11.6 Å². The van der Waals surface area contributed by atoms with Crippen LogP contribution in [-0.4, -0.2) is 37.8 Å². The molecule has 1 unspecified atom stereocenters. The van der Waals surface area contributed by atoms with Crippen LogP contribution < -0.4 is 4.74 Å². The zero-order valence-electron chi connectivity index (χ0n) is 10.8. The highest BCUT2D eigenvalue weighted by Gasteiger charge is 2.19. The van der Waals surface area contributed by atoms with Crippen molar-refractivity contribution in [3.63, 3.8) is 0 Å². The highest BCUT2D eigenvalue weighted by Crippen LogP contribution is 2.34. The number of aliphatic hydroxyl groups excluding tert-OH is 1. The summed E-state index contributed by atoms with van der Waals surface area (Å²) in [7, 11) is 5.61. The summed E-state index contributed by atoms with van der Waals surface area (Å²) in [6.45, 7) is 2.09. The first-order chi connectivity index (χ1) is 8.01. The topological polar surface area (TPSA) is 32.7 Å². The predicted molar refractivity (Wildman–Crippen MR) is 70.9 cm³/mol. The summed E-state index contributed by atoms with van der Waals surface area (Å²) in [5.41, 5.74) is 2.01. The predicted octanol–water partition coefficient (Wildman–Crippen LogP) is 2.64. The Hall–Kier alpha value is -0.770. The molecule has 1 rings (SSSR count). The van der Waals surface area contributed by atoms with Gasteiger partial charge >= 0.3 is 0 Å². The van der Waals surface area contributed by atoms with Crippen LogP contribution in [0.4, 0.5) is 0 Å². The Balaban J connectivity index is 3.21. The molecular formula is C13H20ClNO2. The van der Waals surface area contributed by atoms with E-state index < -0.39 is 0 Å². The molecule has 0 amide bonds. The summed E-state index contributed by atoms with van der Waals surface area (Å²) in [5, 5.41) is 9.86. The van der Waals surface area contributed by atoms with Gasteiger partial charge in [-0.3, -0.25) is 0 Å². The smallest absolute Gasteiger partial charge is 0.124 e. The van der Waals surface area contributed by atoms with Crippen LogP contribution in [-0.2, 0) is 0 Å². The number of hydrogen-bond donors (Lipinski definition) is 1. The van der Waals surface area contributed by atoms with Crippen LogP contribution >= 0.6 is 11.6 Å². The molecular weight excluding hydrogens is 238 g/mol. The van der Waals surface area contributed by atoms with Crippen molar-refractivity contribution in [2.45, 2.75) is 19.4 Å². The van der Waals surface area contributed by atoms with Gasteiger partial charge in [0, 0.05) is 23.2 Å². The molecule has 4 heteroatoms. The maximum atomic E-state index is 9.13. The van der Waals surface area contributed by atoms with Crippen LogP contribution in [0.15, 0.2) is 12.1 Å². The van der Waals surface area contributed by atoms with Crippen LogP contribution in [0.25, 0.3) is 0 Å². The Labute approximate surface area is 108 Å². The third kappa shape index (κ3) is 3.35. The van der Waals surface area contributed by atoms with Crippen LogP contribution in [0.3, 0.4) is 0 Å². The number of ether oxygens (including phenoxy) is 1. The van der Waals surface area contributed by atoms with Gasteiger partial charge in [0.05, 0.1) is 7.11 Å². The van der Waals surface area contributed by atoms with Gasteiger partial charge in [-0.25, -0.2) is 0 Å². The lowest BCUT2D eigenvalue weighted by atomic mass is 10.0. The van der Waals surface area contributed by atoms with E-state index in [4.69, 9.17) is 21.4 Å². The number of aryl methyl sites for hydroxylation is 1. The fraction of sp³-hybridized carbons (Fsp3) is 0.538. The monoisotopic (exact) mass is 257 g/mol. The normalized spacial score (nSPS) is 12.9. The molecule has 0 spiro atoms. The van der Waals surface area contributed by atoms with Gasteiger partial charge in [-0.05, 0) is 45.1 Å². The second-order valence-corrected chi connectivity index (χ2v) is 4.74. The van der Waals surface area contributed by atoms with Gasteiger partial charge in [-0.15, -0.1) is 0 Å². The Bertz CT molecular complexity index is 380. The van der Waals surface area contributed by atoms with Gasteiger partial charge in [0.25, 0.3) is 0 Å². The SMILES string of the molecule is COc1cc(C)c(Cl)cc1C(CCO)N(C)C. The third-order valence-electron chi connectivity index (χ3n) is 2.90. The van der Waals surface area contributed by atoms with Crippen molar-refractivity contribution in [3.05, 3.63) is 28.3 Å². The summed E-state index contributed by atoms with van der Waals surface area (Å²) in [4.78, 5) is 2.06. The molecule has 0 heterocycles. The van der Waals surface area contributed by atoms with E-state index in [9.17, 15) is 0 Å². The van der Waals surface area contributed by atoms with E-state index in [1.165, 1.54) is 0 Å². The van der Waals surface area contributed by atoms with Gasteiger partial charge < -0.3 is 14.7 Å². The second kappa shape index (κ2) is 6.24. The number of hydrogen-bond acceptors (Lipinski definition) is 3. The molecule has 0 fully saturated rings. The zero-order chi connectivity index (χ0) is 13.0. The summed E-state index contributed by atoms with van der Waals surface area (Å²) >= 11 is 6.16. The number of aliphatic hydroxyl groups is 1. The quantitative estimate of drug-likeness (QED) is 0.880. The minimum atomic E-state index is 0.105.